The van der Waals surface area contributed by atoms with Crippen LogP contribution in [0.5, 0.6) is 0 Å². The first-order valence-corrected chi connectivity index (χ1v) is 6.21. The molecular formula is C10H14IN3O. The number of aromatic nitrogens is 2. The lowest BCUT2D eigenvalue weighted by atomic mass is 10.1. The monoisotopic (exact) mass is 319 g/mol. The van der Waals surface area contributed by atoms with Gasteiger partial charge in [0.2, 0.25) is 0 Å². The molecule has 2 unspecified atom stereocenters. The van der Waals surface area contributed by atoms with E-state index in [-0.39, 0.29) is 6.10 Å². The quantitative estimate of drug-likeness (QED) is 0.832. The van der Waals surface area contributed by atoms with Crippen molar-refractivity contribution in [1.82, 2.24) is 9.97 Å². The SMILES string of the molecule is OC1CCC(CNc2ncncc2I)C1. The van der Waals surface area contributed by atoms with E-state index >= 15 is 0 Å². The second-order valence-corrected chi connectivity index (χ2v) is 5.10. The van der Waals surface area contributed by atoms with Crippen LogP contribution in [0.3, 0.4) is 0 Å². The van der Waals surface area contributed by atoms with Gasteiger partial charge in [-0.25, -0.2) is 9.97 Å². The van der Waals surface area contributed by atoms with Gasteiger partial charge in [-0.05, 0) is 47.8 Å². The lowest BCUT2D eigenvalue weighted by Crippen LogP contribution is -2.14. The third kappa shape index (κ3) is 3.01. The van der Waals surface area contributed by atoms with Crippen LogP contribution in [-0.4, -0.2) is 27.7 Å². The summed E-state index contributed by atoms with van der Waals surface area (Å²) >= 11 is 2.21. The van der Waals surface area contributed by atoms with Crippen LogP contribution in [0.1, 0.15) is 19.3 Å². The van der Waals surface area contributed by atoms with Crippen molar-refractivity contribution in [3.05, 3.63) is 16.1 Å². The Morgan fingerprint density at radius 2 is 2.40 bits per heavy atom. The maximum atomic E-state index is 9.40. The molecule has 0 amide bonds. The van der Waals surface area contributed by atoms with Crippen molar-refractivity contribution in [2.75, 3.05) is 11.9 Å². The molecule has 1 saturated carbocycles. The van der Waals surface area contributed by atoms with E-state index in [1.165, 1.54) is 0 Å². The molecule has 2 rings (SSSR count). The summed E-state index contributed by atoms with van der Waals surface area (Å²) in [6, 6.07) is 0. The number of rotatable bonds is 3. The topological polar surface area (TPSA) is 58.0 Å². The van der Waals surface area contributed by atoms with E-state index in [9.17, 15) is 5.11 Å². The van der Waals surface area contributed by atoms with E-state index in [1.807, 2.05) is 0 Å². The minimum atomic E-state index is -0.0960. The zero-order valence-corrected chi connectivity index (χ0v) is 10.5. The van der Waals surface area contributed by atoms with E-state index < -0.39 is 0 Å². The zero-order valence-electron chi connectivity index (χ0n) is 8.36. The lowest BCUT2D eigenvalue weighted by molar-refractivity contribution is 0.178. The van der Waals surface area contributed by atoms with Crippen molar-refractivity contribution in [2.24, 2.45) is 5.92 Å². The van der Waals surface area contributed by atoms with Gasteiger partial charge in [0, 0.05) is 12.7 Å². The van der Waals surface area contributed by atoms with Crippen molar-refractivity contribution in [3.8, 4) is 0 Å². The highest BCUT2D eigenvalue weighted by Crippen LogP contribution is 2.25. The minimum absolute atomic E-state index is 0.0960. The Morgan fingerprint density at radius 1 is 1.53 bits per heavy atom. The van der Waals surface area contributed by atoms with E-state index in [0.717, 1.165) is 35.2 Å². The van der Waals surface area contributed by atoms with Gasteiger partial charge in [0.25, 0.3) is 0 Å². The predicted octanol–water partition coefficient (Wildman–Crippen LogP) is 1.65. The fraction of sp³-hybridized carbons (Fsp3) is 0.600. The van der Waals surface area contributed by atoms with E-state index in [1.54, 1.807) is 12.5 Å². The number of aliphatic hydroxyl groups is 1. The summed E-state index contributed by atoms with van der Waals surface area (Å²) in [5, 5.41) is 12.7. The average Bonchev–Trinajstić information content (AvgIpc) is 2.63. The third-order valence-corrected chi connectivity index (χ3v) is 3.53. The van der Waals surface area contributed by atoms with E-state index in [0.29, 0.717) is 5.92 Å². The number of nitrogens with zero attached hydrogens (tertiary/aromatic N) is 2. The second-order valence-electron chi connectivity index (χ2n) is 3.93. The largest absolute Gasteiger partial charge is 0.393 e. The summed E-state index contributed by atoms with van der Waals surface area (Å²) in [7, 11) is 0. The predicted molar refractivity (Wildman–Crippen MR) is 66.6 cm³/mol. The molecule has 1 fully saturated rings. The molecule has 1 aliphatic carbocycles. The smallest absolute Gasteiger partial charge is 0.142 e. The fourth-order valence-corrected chi connectivity index (χ4v) is 2.41. The molecule has 4 nitrogen and oxygen atoms in total. The van der Waals surface area contributed by atoms with Crippen LogP contribution in [-0.2, 0) is 0 Å². The number of hydrogen-bond acceptors (Lipinski definition) is 4. The molecule has 15 heavy (non-hydrogen) atoms. The average molecular weight is 319 g/mol. The molecule has 1 aromatic heterocycles. The summed E-state index contributed by atoms with van der Waals surface area (Å²) in [5.74, 6) is 1.47. The number of nitrogens with one attached hydrogen (secondary N) is 1. The van der Waals surface area contributed by atoms with Crippen LogP contribution in [0.25, 0.3) is 0 Å². The van der Waals surface area contributed by atoms with Gasteiger partial charge in [0.15, 0.2) is 0 Å². The molecule has 0 aliphatic heterocycles. The molecule has 1 aromatic rings. The van der Waals surface area contributed by atoms with Crippen LogP contribution in [0.4, 0.5) is 5.82 Å². The molecule has 0 aromatic carbocycles. The van der Waals surface area contributed by atoms with Crippen LogP contribution in [0.15, 0.2) is 12.5 Å². The van der Waals surface area contributed by atoms with Gasteiger partial charge in [0.05, 0.1) is 9.67 Å². The van der Waals surface area contributed by atoms with Crippen LogP contribution < -0.4 is 5.32 Å². The molecule has 0 bridgehead atoms. The van der Waals surface area contributed by atoms with Gasteiger partial charge >= 0.3 is 0 Å². The van der Waals surface area contributed by atoms with Crippen LogP contribution >= 0.6 is 22.6 Å². The molecule has 0 spiro atoms. The van der Waals surface area contributed by atoms with Crippen LogP contribution in [0.2, 0.25) is 0 Å². The minimum Gasteiger partial charge on any atom is -0.393 e. The first kappa shape index (κ1) is 11.1. The summed E-state index contributed by atoms with van der Waals surface area (Å²) in [6.45, 7) is 0.893. The van der Waals surface area contributed by atoms with Gasteiger partial charge in [-0.2, -0.15) is 0 Å². The van der Waals surface area contributed by atoms with Crippen molar-refractivity contribution in [1.29, 1.82) is 0 Å². The normalized spacial score (nSPS) is 25.5. The zero-order chi connectivity index (χ0) is 10.7. The summed E-state index contributed by atoms with van der Waals surface area (Å²) in [6.07, 6.45) is 6.20. The standard InChI is InChI=1S/C10H14IN3O/c11-9-5-12-6-14-10(9)13-4-7-1-2-8(15)3-7/h5-8,15H,1-4H2,(H,12,13,14). The molecular weight excluding hydrogens is 305 g/mol. The molecule has 82 valence electrons. The fourth-order valence-electron chi connectivity index (χ4n) is 1.92. The Kier molecular flexibility index (Phi) is 3.74. The van der Waals surface area contributed by atoms with E-state index in [2.05, 4.69) is 37.9 Å². The molecule has 5 heteroatoms. The first-order chi connectivity index (χ1) is 7.25. The lowest BCUT2D eigenvalue weighted by Gasteiger charge is -2.11. The third-order valence-electron chi connectivity index (χ3n) is 2.74. The van der Waals surface area contributed by atoms with Crippen LogP contribution in [0, 0.1) is 9.49 Å². The Bertz CT molecular complexity index is 334. The molecule has 1 heterocycles. The van der Waals surface area contributed by atoms with Gasteiger partial charge in [-0.3, -0.25) is 0 Å². The Balaban J connectivity index is 1.86. The molecule has 0 radical (unpaired) electrons. The van der Waals surface area contributed by atoms with E-state index in [4.69, 9.17) is 0 Å². The summed E-state index contributed by atoms with van der Waals surface area (Å²) < 4.78 is 1.04. The highest BCUT2D eigenvalue weighted by atomic mass is 127. The van der Waals surface area contributed by atoms with Crippen molar-refractivity contribution >= 4 is 28.4 Å². The van der Waals surface area contributed by atoms with Crippen molar-refractivity contribution in [2.45, 2.75) is 25.4 Å². The molecule has 1 aliphatic rings. The number of hydrogen-bond donors (Lipinski definition) is 2. The first-order valence-electron chi connectivity index (χ1n) is 5.13. The molecule has 0 saturated heterocycles. The number of halogens is 1. The summed E-state index contributed by atoms with van der Waals surface area (Å²) in [4.78, 5) is 8.10. The van der Waals surface area contributed by atoms with Gasteiger partial charge in [-0.15, -0.1) is 0 Å². The number of anilines is 1. The molecule has 2 N–H and O–H groups in total. The highest BCUT2D eigenvalue weighted by Gasteiger charge is 2.22. The van der Waals surface area contributed by atoms with Gasteiger partial charge in [-0.1, -0.05) is 0 Å². The van der Waals surface area contributed by atoms with Crippen molar-refractivity contribution in [3.63, 3.8) is 0 Å². The Morgan fingerprint density at radius 3 is 3.07 bits per heavy atom. The number of aliphatic hydroxyl groups excluding tert-OH is 1. The Hall–Kier alpha value is -0.430. The maximum absolute atomic E-state index is 9.40. The summed E-state index contributed by atoms with van der Waals surface area (Å²) in [5.41, 5.74) is 0. The van der Waals surface area contributed by atoms with Crippen molar-refractivity contribution < 1.29 is 5.11 Å². The second kappa shape index (κ2) is 5.07. The van der Waals surface area contributed by atoms with Gasteiger partial charge < -0.3 is 10.4 Å². The van der Waals surface area contributed by atoms with Gasteiger partial charge in [0.1, 0.15) is 12.1 Å². The maximum Gasteiger partial charge on any atom is 0.142 e. The Labute approximate surface area is 103 Å². The highest BCUT2D eigenvalue weighted by molar-refractivity contribution is 14.1. The molecule has 2 atom stereocenters.